The summed E-state index contributed by atoms with van der Waals surface area (Å²) in [7, 11) is 5.47. The van der Waals surface area contributed by atoms with E-state index < -0.39 is 0 Å². The molecule has 21 heavy (non-hydrogen) atoms. The highest BCUT2D eigenvalue weighted by Crippen LogP contribution is 2.08. The molecule has 0 bridgehead atoms. The summed E-state index contributed by atoms with van der Waals surface area (Å²) in [4.78, 5) is 16.4. The second-order valence-corrected chi connectivity index (χ2v) is 5.28. The number of pyridine rings is 1. The summed E-state index contributed by atoms with van der Waals surface area (Å²) < 4.78 is 5.08. The van der Waals surface area contributed by atoms with Crippen LogP contribution in [0.4, 0.5) is 10.5 Å². The van der Waals surface area contributed by atoms with Crippen LogP contribution in [0.3, 0.4) is 0 Å². The molecular weight excluding hydrogens is 268 g/mol. The molecule has 0 fully saturated rings. The number of anilines is 1. The number of nitrogen functional groups attached to an aromatic ring is 1. The number of aromatic nitrogens is 1. The third-order valence-electron chi connectivity index (χ3n) is 1.86. The van der Waals surface area contributed by atoms with Crippen molar-refractivity contribution in [3.05, 3.63) is 24.5 Å². The molecule has 0 saturated heterocycles. The Hall–Kier alpha value is -1.82. The molecule has 6 heteroatoms. The van der Waals surface area contributed by atoms with Gasteiger partial charge in [-0.1, -0.05) is 0 Å². The highest BCUT2D eigenvalue weighted by molar-refractivity contribution is 5.67. The molecule has 0 atom stereocenters. The molecule has 122 valence electrons. The van der Waals surface area contributed by atoms with E-state index in [1.54, 1.807) is 31.6 Å². The maximum atomic E-state index is 11.1. The van der Waals surface area contributed by atoms with Crippen LogP contribution >= 0.6 is 0 Å². The number of carbonyl (C=O) groups is 1. The van der Waals surface area contributed by atoms with Gasteiger partial charge in [0.05, 0.1) is 5.69 Å². The standard InChI is InChI=1S/C8H17NO2.C5H6N2.C2H7N/c1-6-9(5)7(10)11-8(2,3)4;6-5-2-1-3-7-4-5;1-3-2/h6H2,1-5H3;1-4H,6H2;3H,1-2H3. The first-order valence-electron chi connectivity index (χ1n) is 6.86. The highest BCUT2D eigenvalue weighted by Gasteiger charge is 2.17. The molecule has 1 aromatic heterocycles. The summed E-state index contributed by atoms with van der Waals surface area (Å²) in [5.41, 5.74) is 5.62. The van der Waals surface area contributed by atoms with Gasteiger partial charge in [0.15, 0.2) is 0 Å². The molecular formula is C15H30N4O2. The quantitative estimate of drug-likeness (QED) is 0.832. The molecule has 1 amide bonds. The molecule has 0 aromatic carbocycles. The molecule has 0 spiro atoms. The zero-order valence-electron chi connectivity index (χ0n) is 14.3. The maximum Gasteiger partial charge on any atom is 0.410 e. The molecule has 0 saturated carbocycles. The van der Waals surface area contributed by atoms with Gasteiger partial charge in [-0.15, -0.1) is 0 Å². The first-order valence-corrected chi connectivity index (χ1v) is 6.86. The third kappa shape index (κ3) is 16.1. The van der Waals surface area contributed by atoms with E-state index in [0.717, 1.165) is 0 Å². The van der Waals surface area contributed by atoms with Gasteiger partial charge in [0, 0.05) is 26.0 Å². The zero-order valence-corrected chi connectivity index (χ0v) is 14.3. The van der Waals surface area contributed by atoms with Crippen LogP contribution in [0.15, 0.2) is 24.5 Å². The van der Waals surface area contributed by atoms with Crippen LogP contribution in [0, 0.1) is 0 Å². The molecule has 1 heterocycles. The van der Waals surface area contributed by atoms with Crippen molar-refractivity contribution in [1.82, 2.24) is 15.2 Å². The van der Waals surface area contributed by atoms with Crippen molar-refractivity contribution in [2.45, 2.75) is 33.3 Å². The highest BCUT2D eigenvalue weighted by atomic mass is 16.6. The molecule has 3 N–H and O–H groups in total. The van der Waals surface area contributed by atoms with Crippen LogP contribution in [0.1, 0.15) is 27.7 Å². The van der Waals surface area contributed by atoms with Crippen LogP contribution in [0.25, 0.3) is 0 Å². The summed E-state index contributed by atoms with van der Waals surface area (Å²) >= 11 is 0. The van der Waals surface area contributed by atoms with Crippen molar-refractivity contribution < 1.29 is 9.53 Å². The number of amides is 1. The fourth-order valence-corrected chi connectivity index (χ4v) is 0.845. The number of hydrogen-bond acceptors (Lipinski definition) is 5. The van der Waals surface area contributed by atoms with Gasteiger partial charge in [-0.2, -0.15) is 0 Å². The zero-order chi connectivity index (χ0) is 16.9. The lowest BCUT2D eigenvalue weighted by Crippen LogP contribution is -2.33. The van der Waals surface area contributed by atoms with Crippen molar-refractivity contribution >= 4 is 11.8 Å². The molecule has 0 aliphatic carbocycles. The third-order valence-corrected chi connectivity index (χ3v) is 1.86. The number of rotatable bonds is 1. The van der Waals surface area contributed by atoms with Gasteiger partial charge in [-0.3, -0.25) is 4.98 Å². The van der Waals surface area contributed by atoms with Crippen LogP contribution in [0.5, 0.6) is 0 Å². The van der Waals surface area contributed by atoms with E-state index in [-0.39, 0.29) is 11.7 Å². The molecule has 0 unspecified atom stereocenters. The molecule has 1 rings (SSSR count). The summed E-state index contributed by atoms with van der Waals surface area (Å²) in [6.45, 7) is 8.15. The Morgan fingerprint density at radius 1 is 1.43 bits per heavy atom. The Morgan fingerprint density at radius 2 is 1.95 bits per heavy atom. The molecule has 6 nitrogen and oxygen atoms in total. The number of ether oxygens (including phenoxy) is 1. The lowest BCUT2D eigenvalue weighted by atomic mass is 10.2. The van der Waals surface area contributed by atoms with Gasteiger partial charge < -0.3 is 20.7 Å². The van der Waals surface area contributed by atoms with E-state index in [0.29, 0.717) is 12.2 Å². The molecule has 1 aromatic rings. The predicted octanol–water partition coefficient (Wildman–Crippen LogP) is 2.37. The van der Waals surface area contributed by atoms with E-state index in [4.69, 9.17) is 10.5 Å². The first kappa shape index (κ1) is 21.5. The second-order valence-electron chi connectivity index (χ2n) is 5.28. The lowest BCUT2D eigenvalue weighted by molar-refractivity contribution is 0.0308. The molecule has 0 aliphatic rings. The fraction of sp³-hybridized carbons (Fsp3) is 0.600. The fourth-order valence-electron chi connectivity index (χ4n) is 0.845. The van der Waals surface area contributed by atoms with Gasteiger partial charge in [-0.05, 0) is 53.9 Å². The number of nitrogens with two attached hydrogens (primary N) is 1. The van der Waals surface area contributed by atoms with Crippen molar-refractivity contribution in [3.63, 3.8) is 0 Å². The van der Waals surface area contributed by atoms with E-state index >= 15 is 0 Å². The van der Waals surface area contributed by atoms with Gasteiger partial charge in [0.25, 0.3) is 0 Å². The van der Waals surface area contributed by atoms with Gasteiger partial charge >= 0.3 is 6.09 Å². The Bertz CT molecular complexity index is 364. The predicted molar refractivity (Wildman–Crippen MR) is 88.2 cm³/mol. The monoisotopic (exact) mass is 298 g/mol. The van der Waals surface area contributed by atoms with E-state index in [1.807, 2.05) is 41.8 Å². The first-order chi connectivity index (χ1) is 9.67. The smallest absolute Gasteiger partial charge is 0.410 e. The largest absolute Gasteiger partial charge is 0.444 e. The second kappa shape index (κ2) is 12.0. The van der Waals surface area contributed by atoms with Crippen molar-refractivity contribution in [2.75, 3.05) is 33.4 Å². The number of nitrogens with one attached hydrogen (secondary N) is 1. The molecule has 0 radical (unpaired) electrons. The molecule has 0 aliphatic heterocycles. The van der Waals surface area contributed by atoms with Crippen molar-refractivity contribution in [2.24, 2.45) is 0 Å². The maximum absolute atomic E-state index is 11.1. The summed E-state index contributed by atoms with van der Waals surface area (Å²) in [5.74, 6) is 0. The lowest BCUT2D eigenvalue weighted by Gasteiger charge is -2.23. The Balaban J connectivity index is 0. The van der Waals surface area contributed by atoms with Crippen LogP contribution in [-0.4, -0.2) is 49.3 Å². The minimum atomic E-state index is -0.388. The van der Waals surface area contributed by atoms with E-state index in [9.17, 15) is 4.79 Å². The van der Waals surface area contributed by atoms with E-state index in [1.165, 1.54) is 4.90 Å². The summed E-state index contributed by atoms with van der Waals surface area (Å²) in [5, 5.41) is 2.75. The minimum absolute atomic E-state index is 0.264. The Kier molecular flexibility index (Phi) is 12.2. The van der Waals surface area contributed by atoms with Gasteiger partial charge in [-0.25, -0.2) is 4.79 Å². The van der Waals surface area contributed by atoms with Gasteiger partial charge in [0.1, 0.15) is 5.60 Å². The average Bonchev–Trinajstić information content (AvgIpc) is 2.38. The van der Waals surface area contributed by atoms with Crippen LogP contribution < -0.4 is 11.1 Å². The summed E-state index contributed by atoms with van der Waals surface area (Å²) in [6.07, 6.45) is 3.04. The minimum Gasteiger partial charge on any atom is -0.444 e. The van der Waals surface area contributed by atoms with Crippen molar-refractivity contribution in [3.8, 4) is 0 Å². The van der Waals surface area contributed by atoms with Crippen LogP contribution in [-0.2, 0) is 4.74 Å². The SMILES string of the molecule is CCN(C)C(=O)OC(C)(C)C.CNC.Nc1cccnc1. The number of carbonyl (C=O) groups excluding carboxylic acids is 1. The normalized spacial score (nSPS) is 9.48. The number of nitrogens with zero attached hydrogens (tertiary/aromatic N) is 2. The van der Waals surface area contributed by atoms with E-state index in [2.05, 4.69) is 10.3 Å². The average molecular weight is 298 g/mol. The Morgan fingerprint density at radius 3 is 2.19 bits per heavy atom. The Labute approximate surface area is 128 Å². The van der Waals surface area contributed by atoms with Crippen LogP contribution in [0.2, 0.25) is 0 Å². The summed E-state index contributed by atoms with van der Waals surface area (Å²) in [6, 6.07) is 3.60. The van der Waals surface area contributed by atoms with Gasteiger partial charge in [0.2, 0.25) is 0 Å². The van der Waals surface area contributed by atoms with Crippen molar-refractivity contribution in [1.29, 1.82) is 0 Å². The number of hydrogen-bond donors (Lipinski definition) is 2. The topological polar surface area (TPSA) is 80.5 Å².